The maximum absolute atomic E-state index is 12.1. The molecule has 3 nitrogen and oxygen atoms in total. The summed E-state index contributed by atoms with van der Waals surface area (Å²) in [6, 6.07) is 15.2. The summed E-state index contributed by atoms with van der Waals surface area (Å²) in [5, 5.41) is 7.03. The second kappa shape index (κ2) is 8.48. The van der Waals surface area contributed by atoms with Gasteiger partial charge in [0.2, 0.25) is 5.91 Å². The first-order chi connectivity index (χ1) is 12.1. The van der Waals surface area contributed by atoms with Gasteiger partial charge in [-0.2, -0.15) is 0 Å². The number of carbonyl (C=O) groups is 1. The molecular formula is C19H16Cl2N2OS. The quantitative estimate of drug-likeness (QED) is 0.641. The Morgan fingerprint density at radius 1 is 1.08 bits per heavy atom. The van der Waals surface area contributed by atoms with Crippen molar-refractivity contribution in [3.63, 3.8) is 0 Å². The molecule has 128 valence electrons. The predicted octanol–water partition coefficient (Wildman–Crippen LogP) is 5.02. The average molecular weight is 391 g/mol. The van der Waals surface area contributed by atoms with Gasteiger partial charge in [0.25, 0.3) is 0 Å². The molecule has 0 bridgehead atoms. The van der Waals surface area contributed by atoms with E-state index < -0.39 is 0 Å². The standard InChI is InChI=1S/C19H16Cl2N2OS/c20-14-7-5-13(6-8-14)9-10-22-18(24)11-15-12-25-19(23-15)16-3-1-2-4-17(16)21/h1-8,12H,9-11H2,(H,22,24). The Bertz CT molecular complexity index is 862. The summed E-state index contributed by atoms with van der Waals surface area (Å²) in [7, 11) is 0. The number of aromatic nitrogens is 1. The summed E-state index contributed by atoms with van der Waals surface area (Å²) >= 11 is 13.5. The van der Waals surface area contributed by atoms with Gasteiger partial charge in [-0.3, -0.25) is 4.79 Å². The molecule has 0 aliphatic rings. The monoisotopic (exact) mass is 390 g/mol. The van der Waals surface area contributed by atoms with E-state index in [0.717, 1.165) is 28.2 Å². The number of amides is 1. The second-order valence-corrected chi connectivity index (χ2v) is 7.23. The van der Waals surface area contributed by atoms with E-state index in [-0.39, 0.29) is 12.3 Å². The SMILES string of the molecule is O=C(Cc1csc(-c2ccccc2Cl)n1)NCCc1ccc(Cl)cc1. The van der Waals surface area contributed by atoms with Crippen LogP contribution in [0.5, 0.6) is 0 Å². The van der Waals surface area contributed by atoms with Crippen molar-refractivity contribution in [2.24, 2.45) is 0 Å². The number of nitrogens with zero attached hydrogens (tertiary/aromatic N) is 1. The van der Waals surface area contributed by atoms with Gasteiger partial charge in [-0.05, 0) is 30.2 Å². The first-order valence-corrected chi connectivity index (χ1v) is 9.46. The summed E-state index contributed by atoms with van der Waals surface area (Å²) in [4.78, 5) is 16.6. The summed E-state index contributed by atoms with van der Waals surface area (Å²) in [6.45, 7) is 0.585. The zero-order chi connectivity index (χ0) is 17.6. The van der Waals surface area contributed by atoms with Gasteiger partial charge in [-0.1, -0.05) is 53.5 Å². The number of halogens is 2. The van der Waals surface area contributed by atoms with Crippen LogP contribution in [0.25, 0.3) is 10.6 Å². The minimum Gasteiger partial charge on any atom is -0.355 e. The number of hydrogen-bond acceptors (Lipinski definition) is 3. The van der Waals surface area contributed by atoms with Crippen LogP contribution in [0.1, 0.15) is 11.3 Å². The smallest absolute Gasteiger partial charge is 0.226 e. The van der Waals surface area contributed by atoms with Crippen LogP contribution >= 0.6 is 34.5 Å². The molecule has 0 unspecified atom stereocenters. The fourth-order valence-electron chi connectivity index (χ4n) is 2.37. The zero-order valence-electron chi connectivity index (χ0n) is 13.3. The Morgan fingerprint density at radius 2 is 1.84 bits per heavy atom. The molecule has 0 aliphatic carbocycles. The van der Waals surface area contributed by atoms with Crippen LogP contribution in [0.15, 0.2) is 53.9 Å². The molecule has 3 aromatic rings. The van der Waals surface area contributed by atoms with Gasteiger partial charge >= 0.3 is 0 Å². The molecule has 1 aromatic heterocycles. The molecule has 1 heterocycles. The van der Waals surface area contributed by atoms with Crippen LogP contribution in [0, 0.1) is 0 Å². The Balaban J connectivity index is 1.52. The van der Waals surface area contributed by atoms with E-state index >= 15 is 0 Å². The minimum atomic E-state index is -0.0371. The van der Waals surface area contributed by atoms with Crippen molar-refractivity contribution in [2.75, 3.05) is 6.54 Å². The van der Waals surface area contributed by atoms with Crippen molar-refractivity contribution in [2.45, 2.75) is 12.8 Å². The van der Waals surface area contributed by atoms with Gasteiger partial charge in [0.1, 0.15) is 5.01 Å². The van der Waals surface area contributed by atoms with Crippen molar-refractivity contribution in [1.29, 1.82) is 0 Å². The molecule has 0 saturated carbocycles. The predicted molar refractivity (Wildman–Crippen MR) is 104 cm³/mol. The van der Waals surface area contributed by atoms with Gasteiger partial charge in [-0.25, -0.2) is 4.98 Å². The van der Waals surface area contributed by atoms with Crippen LogP contribution in [0.2, 0.25) is 10.0 Å². The molecule has 3 rings (SSSR count). The lowest BCUT2D eigenvalue weighted by molar-refractivity contribution is -0.120. The average Bonchev–Trinajstić information content (AvgIpc) is 3.05. The van der Waals surface area contributed by atoms with Crippen LogP contribution in [-0.2, 0) is 17.6 Å². The van der Waals surface area contributed by atoms with Crippen molar-refractivity contribution in [3.05, 3.63) is 75.2 Å². The summed E-state index contributed by atoms with van der Waals surface area (Å²) < 4.78 is 0. The van der Waals surface area contributed by atoms with E-state index in [2.05, 4.69) is 10.3 Å². The molecule has 0 fully saturated rings. The van der Waals surface area contributed by atoms with Gasteiger partial charge in [-0.15, -0.1) is 11.3 Å². The third-order valence-corrected chi connectivity index (χ3v) is 5.15. The van der Waals surface area contributed by atoms with Crippen molar-refractivity contribution < 1.29 is 4.79 Å². The van der Waals surface area contributed by atoms with Crippen LogP contribution in [-0.4, -0.2) is 17.4 Å². The highest BCUT2D eigenvalue weighted by Crippen LogP contribution is 2.30. The number of nitrogens with one attached hydrogen (secondary N) is 1. The Hall–Kier alpha value is -1.88. The summed E-state index contributed by atoms with van der Waals surface area (Å²) in [5.41, 5.74) is 2.78. The van der Waals surface area contributed by atoms with Crippen LogP contribution < -0.4 is 5.32 Å². The molecule has 0 radical (unpaired) electrons. The lowest BCUT2D eigenvalue weighted by Gasteiger charge is -2.04. The maximum Gasteiger partial charge on any atom is 0.226 e. The Morgan fingerprint density at radius 3 is 2.60 bits per heavy atom. The molecule has 0 spiro atoms. The fourth-order valence-corrected chi connectivity index (χ4v) is 3.64. The number of hydrogen-bond donors (Lipinski definition) is 1. The van der Waals surface area contributed by atoms with Gasteiger partial charge in [0.15, 0.2) is 0 Å². The lowest BCUT2D eigenvalue weighted by Crippen LogP contribution is -2.27. The highest BCUT2D eigenvalue weighted by atomic mass is 35.5. The van der Waals surface area contributed by atoms with E-state index in [1.165, 1.54) is 11.3 Å². The third kappa shape index (κ3) is 5.05. The zero-order valence-corrected chi connectivity index (χ0v) is 15.7. The number of carbonyl (C=O) groups excluding carboxylic acids is 1. The third-order valence-electron chi connectivity index (χ3n) is 3.65. The van der Waals surface area contributed by atoms with E-state index in [9.17, 15) is 4.79 Å². The first kappa shape index (κ1) is 17.9. The number of rotatable bonds is 6. The maximum atomic E-state index is 12.1. The highest BCUT2D eigenvalue weighted by Gasteiger charge is 2.10. The van der Waals surface area contributed by atoms with E-state index in [0.29, 0.717) is 16.6 Å². The molecule has 1 amide bonds. The highest BCUT2D eigenvalue weighted by molar-refractivity contribution is 7.13. The summed E-state index contributed by atoms with van der Waals surface area (Å²) in [6.07, 6.45) is 1.03. The number of benzene rings is 2. The van der Waals surface area contributed by atoms with Gasteiger partial charge < -0.3 is 5.32 Å². The largest absolute Gasteiger partial charge is 0.355 e. The Labute approximate surface area is 160 Å². The van der Waals surface area contributed by atoms with Crippen LogP contribution in [0.4, 0.5) is 0 Å². The molecule has 0 atom stereocenters. The van der Waals surface area contributed by atoms with E-state index in [1.807, 2.05) is 53.9 Å². The fraction of sp³-hybridized carbons (Fsp3) is 0.158. The van der Waals surface area contributed by atoms with Gasteiger partial charge in [0.05, 0.1) is 17.1 Å². The minimum absolute atomic E-state index is 0.0371. The van der Waals surface area contributed by atoms with Crippen molar-refractivity contribution >= 4 is 40.4 Å². The molecule has 0 saturated heterocycles. The topological polar surface area (TPSA) is 42.0 Å². The Kier molecular flexibility index (Phi) is 6.08. The molecule has 1 N–H and O–H groups in total. The van der Waals surface area contributed by atoms with Gasteiger partial charge in [0, 0.05) is 22.5 Å². The first-order valence-electron chi connectivity index (χ1n) is 7.82. The van der Waals surface area contributed by atoms with Crippen molar-refractivity contribution in [1.82, 2.24) is 10.3 Å². The van der Waals surface area contributed by atoms with Crippen LogP contribution in [0.3, 0.4) is 0 Å². The van der Waals surface area contributed by atoms with E-state index in [4.69, 9.17) is 23.2 Å². The molecular weight excluding hydrogens is 375 g/mol. The second-order valence-electron chi connectivity index (χ2n) is 5.53. The van der Waals surface area contributed by atoms with E-state index in [1.54, 1.807) is 0 Å². The molecule has 25 heavy (non-hydrogen) atoms. The van der Waals surface area contributed by atoms with Crippen molar-refractivity contribution in [3.8, 4) is 10.6 Å². The lowest BCUT2D eigenvalue weighted by atomic mass is 10.1. The number of thiazole rings is 1. The molecule has 6 heteroatoms. The molecule has 2 aromatic carbocycles. The normalized spacial score (nSPS) is 10.6. The summed E-state index contributed by atoms with van der Waals surface area (Å²) in [5.74, 6) is -0.0371. The molecule has 0 aliphatic heterocycles.